The molecule has 2 aromatic rings. The molecule has 0 saturated carbocycles. The van der Waals surface area contributed by atoms with Gasteiger partial charge in [0.2, 0.25) is 0 Å². The molecule has 2 rings (SSSR count). The molecule has 1 N–H and O–H groups in total. The summed E-state index contributed by atoms with van der Waals surface area (Å²) in [7, 11) is 1.76. The van der Waals surface area contributed by atoms with Gasteiger partial charge in [-0.05, 0) is 49.2 Å². The Bertz CT molecular complexity index is 631. The van der Waals surface area contributed by atoms with Gasteiger partial charge in [0.15, 0.2) is 11.6 Å². The van der Waals surface area contributed by atoms with Crippen molar-refractivity contribution in [1.82, 2.24) is 5.32 Å². The Hall–Kier alpha value is -1.33. The first-order valence-corrected chi connectivity index (χ1v) is 7.34. The predicted molar refractivity (Wildman–Crippen MR) is 80.7 cm³/mol. The third-order valence-electron chi connectivity index (χ3n) is 3.39. The highest BCUT2D eigenvalue weighted by atomic mass is 79.9. The summed E-state index contributed by atoms with van der Waals surface area (Å²) in [6.45, 7) is 0. The number of rotatable bonds is 5. The average molecular weight is 358 g/mol. The van der Waals surface area contributed by atoms with E-state index in [2.05, 4.69) is 21.2 Å². The lowest BCUT2D eigenvalue weighted by Gasteiger charge is -2.18. The van der Waals surface area contributed by atoms with E-state index in [9.17, 15) is 13.2 Å². The molecule has 0 saturated heterocycles. The van der Waals surface area contributed by atoms with Crippen LogP contribution in [0.25, 0.3) is 0 Å². The number of halogens is 4. The van der Waals surface area contributed by atoms with Crippen LogP contribution in [0.2, 0.25) is 0 Å². The Labute approximate surface area is 130 Å². The van der Waals surface area contributed by atoms with E-state index >= 15 is 0 Å². The first kappa shape index (κ1) is 16.0. The molecule has 0 radical (unpaired) electrons. The molecule has 1 atom stereocenters. The standard InChI is InChI=1S/C16H15BrF3N/c1-21-13(7-10-5-6-12(18)9-14(10)17)8-11-3-2-4-15(19)16(11)20/h2-6,9,13,21H,7-8H2,1H3. The van der Waals surface area contributed by atoms with Crippen LogP contribution in [0.15, 0.2) is 40.9 Å². The van der Waals surface area contributed by atoms with E-state index in [4.69, 9.17) is 0 Å². The lowest BCUT2D eigenvalue weighted by molar-refractivity contribution is 0.482. The summed E-state index contributed by atoms with van der Waals surface area (Å²) in [5, 5.41) is 3.08. The molecule has 21 heavy (non-hydrogen) atoms. The fourth-order valence-corrected chi connectivity index (χ4v) is 2.71. The highest BCUT2D eigenvalue weighted by molar-refractivity contribution is 9.10. The van der Waals surface area contributed by atoms with Crippen molar-refractivity contribution >= 4 is 15.9 Å². The molecule has 0 bridgehead atoms. The molecule has 0 amide bonds. The highest BCUT2D eigenvalue weighted by Gasteiger charge is 2.15. The van der Waals surface area contributed by atoms with Crippen LogP contribution >= 0.6 is 15.9 Å². The smallest absolute Gasteiger partial charge is 0.162 e. The zero-order chi connectivity index (χ0) is 15.4. The van der Waals surface area contributed by atoms with E-state index in [-0.39, 0.29) is 11.9 Å². The summed E-state index contributed by atoms with van der Waals surface area (Å²) in [6.07, 6.45) is 0.928. The Morgan fingerprint density at radius 3 is 2.43 bits per heavy atom. The Balaban J connectivity index is 2.15. The molecule has 1 nitrogen and oxygen atoms in total. The van der Waals surface area contributed by atoms with Gasteiger partial charge in [-0.3, -0.25) is 0 Å². The van der Waals surface area contributed by atoms with Crippen LogP contribution in [-0.4, -0.2) is 13.1 Å². The number of benzene rings is 2. The molecule has 5 heteroatoms. The summed E-state index contributed by atoms with van der Waals surface area (Å²) >= 11 is 3.31. The van der Waals surface area contributed by atoms with Gasteiger partial charge < -0.3 is 5.32 Å². The van der Waals surface area contributed by atoms with Crippen molar-refractivity contribution in [3.05, 3.63) is 69.4 Å². The molecule has 0 aromatic heterocycles. The zero-order valence-electron chi connectivity index (χ0n) is 11.5. The SMILES string of the molecule is CNC(Cc1ccc(F)cc1Br)Cc1cccc(F)c1F. The van der Waals surface area contributed by atoms with Crippen molar-refractivity contribution in [1.29, 1.82) is 0 Å². The average Bonchev–Trinajstić information content (AvgIpc) is 2.45. The van der Waals surface area contributed by atoms with E-state index in [1.807, 2.05) is 0 Å². The first-order chi connectivity index (χ1) is 10.0. The van der Waals surface area contributed by atoms with Gasteiger partial charge in [0.1, 0.15) is 5.82 Å². The van der Waals surface area contributed by atoms with Gasteiger partial charge in [0, 0.05) is 10.5 Å². The van der Waals surface area contributed by atoms with Crippen molar-refractivity contribution in [2.24, 2.45) is 0 Å². The molecule has 0 heterocycles. The lowest BCUT2D eigenvalue weighted by atomic mass is 9.98. The fraction of sp³-hybridized carbons (Fsp3) is 0.250. The Morgan fingerprint density at radius 1 is 1.05 bits per heavy atom. The minimum absolute atomic E-state index is 0.0805. The van der Waals surface area contributed by atoms with Crippen LogP contribution < -0.4 is 5.32 Å². The molecule has 0 aliphatic heterocycles. The fourth-order valence-electron chi connectivity index (χ4n) is 2.20. The van der Waals surface area contributed by atoms with Gasteiger partial charge >= 0.3 is 0 Å². The van der Waals surface area contributed by atoms with E-state index in [1.54, 1.807) is 19.2 Å². The van der Waals surface area contributed by atoms with Crippen molar-refractivity contribution < 1.29 is 13.2 Å². The molecular formula is C16H15BrF3N. The van der Waals surface area contributed by atoms with E-state index < -0.39 is 11.6 Å². The summed E-state index contributed by atoms with van der Waals surface area (Å²) in [4.78, 5) is 0. The molecule has 0 aliphatic rings. The van der Waals surface area contributed by atoms with Gasteiger partial charge in [-0.2, -0.15) is 0 Å². The third kappa shape index (κ3) is 4.08. The topological polar surface area (TPSA) is 12.0 Å². The predicted octanol–water partition coefficient (Wildman–Crippen LogP) is 4.24. The Kier molecular flexibility index (Phi) is 5.42. The first-order valence-electron chi connectivity index (χ1n) is 6.55. The molecule has 0 fully saturated rings. The molecule has 0 aliphatic carbocycles. The van der Waals surface area contributed by atoms with E-state index in [0.717, 1.165) is 11.6 Å². The summed E-state index contributed by atoms with van der Waals surface area (Å²) < 4.78 is 40.7. The molecule has 1 unspecified atom stereocenters. The third-order valence-corrected chi connectivity index (χ3v) is 4.13. The van der Waals surface area contributed by atoms with Gasteiger partial charge in [0.25, 0.3) is 0 Å². The number of hydrogen-bond acceptors (Lipinski definition) is 1. The van der Waals surface area contributed by atoms with Crippen LogP contribution in [0, 0.1) is 17.5 Å². The van der Waals surface area contributed by atoms with Crippen LogP contribution in [0.1, 0.15) is 11.1 Å². The highest BCUT2D eigenvalue weighted by Crippen LogP contribution is 2.21. The van der Waals surface area contributed by atoms with Crippen molar-refractivity contribution in [2.75, 3.05) is 7.05 Å². The van der Waals surface area contributed by atoms with E-state index in [1.165, 1.54) is 18.2 Å². The second-order valence-corrected chi connectivity index (χ2v) is 5.70. The van der Waals surface area contributed by atoms with Crippen LogP contribution in [0.3, 0.4) is 0 Å². The maximum Gasteiger partial charge on any atom is 0.162 e. The number of hydrogen-bond donors (Lipinski definition) is 1. The maximum atomic E-state index is 13.7. The van der Waals surface area contributed by atoms with Crippen LogP contribution in [0.4, 0.5) is 13.2 Å². The summed E-state index contributed by atoms with van der Waals surface area (Å²) in [6, 6.07) is 8.55. The monoisotopic (exact) mass is 357 g/mol. The second kappa shape index (κ2) is 7.09. The van der Waals surface area contributed by atoms with Gasteiger partial charge in [-0.1, -0.05) is 34.1 Å². The van der Waals surface area contributed by atoms with Crippen molar-refractivity contribution in [2.45, 2.75) is 18.9 Å². The van der Waals surface area contributed by atoms with Crippen molar-refractivity contribution in [3.8, 4) is 0 Å². The van der Waals surface area contributed by atoms with Gasteiger partial charge in [-0.25, -0.2) is 13.2 Å². The lowest BCUT2D eigenvalue weighted by Crippen LogP contribution is -2.30. The summed E-state index contributed by atoms with van der Waals surface area (Å²) in [5.74, 6) is -1.97. The quantitative estimate of drug-likeness (QED) is 0.843. The van der Waals surface area contributed by atoms with E-state index in [0.29, 0.717) is 22.9 Å². The van der Waals surface area contributed by atoms with Crippen LogP contribution in [-0.2, 0) is 12.8 Å². The minimum Gasteiger partial charge on any atom is -0.316 e. The largest absolute Gasteiger partial charge is 0.316 e. The molecule has 2 aromatic carbocycles. The number of likely N-dealkylation sites (N-methyl/N-ethyl adjacent to an activating group) is 1. The molecule has 112 valence electrons. The van der Waals surface area contributed by atoms with Crippen LogP contribution in [0.5, 0.6) is 0 Å². The minimum atomic E-state index is -0.842. The van der Waals surface area contributed by atoms with Gasteiger partial charge in [0.05, 0.1) is 0 Å². The Morgan fingerprint density at radius 2 is 1.76 bits per heavy atom. The zero-order valence-corrected chi connectivity index (χ0v) is 13.1. The molecular weight excluding hydrogens is 343 g/mol. The maximum absolute atomic E-state index is 13.7. The normalized spacial score (nSPS) is 12.4. The van der Waals surface area contributed by atoms with Gasteiger partial charge in [-0.15, -0.1) is 0 Å². The second-order valence-electron chi connectivity index (χ2n) is 4.84. The molecule has 0 spiro atoms. The van der Waals surface area contributed by atoms with Crippen molar-refractivity contribution in [3.63, 3.8) is 0 Å². The number of nitrogens with one attached hydrogen (secondary N) is 1. The summed E-state index contributed by atoms with van der Waals surface area (Å²) in [5.41, 5.74) is 1.24.